The van der Waals surface area contributed by atoms with E-state index in [2.05, 4.69) is 108 Å². The SMILES string of the molecule is COc1c(C)cc([Si](c2cc(C)c(OC)c(C)c2OC)(c2cc(C)c(OC)c(C)c2OC)[C]2([Ti+3])C(C)=C(C)C(C)=C2C)c(OC)c1C.[Cl-].[Cl-].[Cl-]. The van der Waals surface area contributed by atoms with Crippen molar-refractivity contribution in [1.29, 1.82) is 0 Å². The van der Waals surface area contributed by atoms with Crippen LogP contribution in [0.25, 0.3) is 0 Å². The molecule has 0 N–H and O–H groups in total. The van der Waals surface area contributed by atoms with Crippen LogP contribution in [0.5, 0.6) is 34.5 Å². The van der Waals surface area contributed by atoms with Gasteiger partial charge in [-0.2, -0.15) is 0 Å². The molecule has 0 atom stereocenters. The van der Waals surface area contributed by atoms with Gasteiger partial charge >= 0.3 is 296 Å². The molecular formula is C39H51Cl3O6SiTi. The van der Waals surface area contributed by atoms with Crippen LogP contribution in [0, 0.1) is 41.5 Å². The summed E-state index contributed by atoms with van der Waals surface area (Å²) in [6.07, 6.45) is 0. The Morgan fingerprint density at radius 1 is 0.420 bits per heavy atom. The zero-order valence-corrected chi connectivity index (χ0v) is 37.1. The molecule has 0 radical (unpaired) electrons. The molecule has 0 aliphatic heterocycles. The first kappa shape index (κ1) is 45.8. The molecule has 1 aliphatic rings. The summed E-state index contributed by atoms with van der Waals surface area (Å²) >= 11 is 2.43. The summed E-state index contributed by atoms with van der Waals surface area (Å²) in [6.45, 7) is 21.8. The fraction of sp³-hybridized carbons (Fsp3) is 0.436. The van der Waals surface area contributed by atoms with E-state index in [1.807, 2.05) is 0 Å². The minimum Gasteiger partial charge on any atom is -1.00 e. The van der Waals surface area contributed by atoms with E-state index in [-0.39, 0.29) is 37.2 Å². The Bertz CT molecular complexity index is 1650. The van der Waals surface area contributed by atoms with Gasteiger partial charge in [-0.25, -0.2) is 0 Å². The minimum absolute atomic E-state index is 0. The van der Waals surface area contributed by atoms with Crippen molar-refractivity contribution in [2.75, 3.05) is 42.7 Å². The molecule has 3 aromatic carbocycles. The molecule has 4 rings (SSSR count). The molecule has 0 fully saturated rings. The van der Waals surface area contributed by atoms with Crippen molar-refractivity contribution >= 4 is 23.6 Å². The van der Waals surface area contributed by atoms with Crippen LogP contribution >= 0.6 is 0 Å². The maximum atomic E-state index is 6.50. The number of hydrogen-bond donors (Lipinski definition) is 0. The number of aryl methyl sites for hydroxylation is 3. The molecule has 6 nitrogen and oxygen atoms in total. The molecule has 0 unspecified atom stereocenters. The Morgan fingerprint density at radius 3 is 0.840 bits per heavy atom. The van der Waals surface area contributed by atoms with Gasteiger partial charge in [0.2, 0.25) is 0 Å². The molecule has 0 spiro atoms. The summed E-state index contributed by atoms with van der Waals surface area (Å²) in [4.78, 5) is 0. The Labute approximate surface area is 331 Å². The molecule has 0 saturated heterocycles. The molecule has 1 aliphatic carbocycles. The topological polar surface area (TPSA) is 55.4 Å². The van der Waals surface area contributed by atoms with Crippen LogP contribution in [0.4, 0.5) is 0 Å². The monoisotopic (exact) mass is 796 g/mol. The van der Waals surface area contributed by atoms with Crippen molar-refractivity contribution in [2.24, 2.45) is 0 Å². The van der Waals surface area contributed by atoms with Gasteiger partial charge in [0.15, 0.2) is 0 Å². The van der Waals surface area contributed by atoms with E-state index >= 15 is 0 Å². The van der Waals surface area contributed by atoms with Crippen molar-refractivity contribution in [3.05, 3.63) is 73.9 Å². The van der Waals surface area contributed by atoms with Crippen molar-refractivity contribution < 1.29 is 86.1 Å². The molecule has 11 heteroatoms. The fourth-order valence-electron chi connectivity index (χ4n) is 8.42. The van der Waals surface area contributed by atoms with E-state index in [0.29, 0.717) is 0 Å². The second kappa shape index (κ2) is 17.0. The second-order valence-corrected chi connectivity index (χ2v) is 18.6. The first-order valence-electron chi connectivity index (χ1n) is 15.9. The molecule has 0 saturated carbocycles. The Morgan fingerprint density at radius 2 is 0.640 bits per heavy atom. The average Bonchev–Trinajstić information content (AvgIpc) is 3.17. The van der Waals surface area contributed by atoms with Crippen molar-refractivity contribution in [2.45, 2.75) is 72.6 Å². The van der Waals surface area contributed by atoms with Crippen molar-refractivity contribution in [3.8, 4) is 34.5 Å². The van der Waals surface area contributed by atoms with Crippen LogP contribution in [-0.4, -0.2) is 50.7 Å². The van der Waals surface area contributed by atoms with E-state index in [1.54, 1.807) is 42.7 Å². The summed E-state index contributed by atoms with van der Waals surface area (Å²) in [5.74, 6) is 4.89. The van der Waals surface area contributed by atoms with E-state index in [0.717, 1.165) is 83.4 Å². The van der Waals surface area contributed by atoms with Crippen molar-refractivity contribution in [3.63, 3.8) is 0 Å². The van der Waals surface area contributed by atoms with Gasteiger partial charge in [0.1, 0.15) is 0 Å². The Balaban J connectivity index is 0.00000417. The molecule has 272 valence electrons. The largest absolute Gasteiger partial charge is 1.00 e. The van der Waals surface area contributed by atoms with Gasteiger partial charge in [-0.1, -0.05) is 0 Å². The van der Waals surface area contributed by atoms with Crippen LogP contribution in [0.3, 0.4) is 0 Å². The zero-order chi connectivity index (χ0) is 35.3. The van der Waals surface area contributed by atoms with Crippen molar-refractivity contribution in [1.82, 2.24) is 0 Å². The predicted molar refractivity (Wildman–Crippen MR) is 191 cm³/mol. The van der Waals surface area contributed by atoms with Crippen LogP contribution in [-0.2, 0) is 20.4 Å². The number of benzene rings is 3. The third-order valence-corrected chi connectivity index (χ3v) is 19.1. The third kappa shape index (κ3) is 6.28. The fourth-order valence-corrected chi connectivity index (χ4v) is 17.7. The van der Waals surface area contributed by atoms with Gasteiger partial charge in [-0.05, 0) is 0 Å². The molecule has 3 aromatic rings. The van der Waals surface area contributed by atoms with E-state index in [4.69, 9.17) is 28.4 Å². The van der Waals surface area contributed by atoms with Gasteiger partial charge in [0.25, 0.3) is 0 Å². The Hall–Kier alpha value is -2.26. The molecule has 0 bridgehead atoms. The van der Waals surface area contributed by atoms with E-state index < -0.39 is 11.4 Å². The number of rotatable bonds is 10. The first-order chi connectivity index (χ1) is 22.1. The summed E-state index contributed by atoms with van der Waals surface area (Å²) in [6, 6.07) is 6.90. The van der Waals surface area contributed by atoms with Crippen LogP contribution < -0.4 is 81.2 Å². The summed E-state index contributed by atoms with van der Waals surface area (Å²) in [5, 5.41) is 3.39. The number of hydrogen-bond acceptors (Lipinski definition) is 6. The van der Waals surface area contributed by atoms with Crippen LogP contribution in [0.2, 0.25) is 3.34 Å². The first-order valence-corrected chi connectivity index (χ1v) is 18.7. The number of halogens is 3. The van der Waals surface area contributed by atoms with Gasteiger partial charge in [-0.3, -0.25) is 0 Å². The predicted octanol–water partition coefficient (Wildman–Crippen LogP) is -2.00. The average molecular weight is 798 g/mol. The Kier molecular flexibility index (Phi) is 15.6. The van der Waals surface area contributed by atoms with E-state index in [1.165, 1.54) is 22.3 Å². The van der Waals surface area contributed by atoms with E-state index in [9.17, 15) is 0 Å². The number of ether oxygens (including phenoxy) is 6. The quantitative estimate of drug-likeness (QED) is 0.175. The normalized spacial score (nSPS) is 13.6. The maximum absolute atomic E-state index is 6.50. The van der Waals surface area contributed by atoms with Gasteiger partial charge < -0.3 is 37.2 Å². The van der Waals surface area contributed by atoms with Gasteiger partial charge in [0.05, 0.1) is 0 Å². The van der Waals surface area contributed by atoms with Gasteiger partial charge in [-0.15, -0.1) is 0 Å². The second-order valence-electron chi connectivity index (χ2n) is 12.8. The maximum Gasteiger partial charge on any atom is -1.00 e. The smallest absolute Gasteiger partial charge is 1.00 e. The third-order valence-electron chi connectivity index (χ3n) is 10.7. The molecule has 0 amide bonds. The minimum atomic E-state index is -3.47. The summed E-state index contributed by atoms with van der Waals surface area (Å²) < 4.78 is 37.0. The number of methoxy groups -OCH3 is 6. The summed E-state index contributed by atoms with van der Waals surface area (Å²) in [5.41, 5.74) is 11.3. The van der Waals surface area contributed by atoms with Gasteiger partial charge in [0, 0.05) is 0 Å². The number of allylic oxidation sites excluding steroid dienone is 4. The summed E-state index contributed by atoms with van der Waals surface area (Å²) in [7, 11) is 7.00. The van der Waals surface area contributed by atoms with Crippen LogP contribution in [0.15, 0.2) is 40.5 Å². The standard InChI is InChI=1S/C39H51O6Si.3ClH.Ti/c1-20-17-30(36(43-14)27(8)33(20)40-11)46(39-25(6)23(4)24(5)26(39)7,31-18-21(2)34(41-12)28(9)37(31)44-15)32-19-22(3)35(42-13)29(10)38(32)45-16;;;;/h17-19H,1-16H3;3*1H;/q;;;;+3/p-3. The molecular weight excluding hydrogens is 747 g/mol. The molecule has 0 heterocycles. The molecule has 0 aromatic heterocycles. The zero-order valence-electron chi connectivity index (χ0n) is 32.3. The van der Waals surface area contributed by atoms with Crippen LogP contribution in [0.1, 0.15) is 61.1 Å². The molecule has 50 heavy (non-hydrogen) atoms.